The molecule has 0 aliphatic rings. The zero-order chi connectivity index (χ0) is 13.0. The first-order valence-corrected chi connectivity index (χ1v) is 5.09. The standard InChI is InChI=1S/C12H15FO4/c1-7(13)8-5-4-6-9(11(8)16-2)10(14)12(15)17-3/h4-7,10,14H,1-3H3. The van der Waals surface area contributed by atoms with Crippen LogP contribution in [0.1, 0.15) is 30.3 Å². The molecule has 0 spiro atoms. The second kappa shape index (κ2) is 5.63. The van der Waals surface area contributed by atoms with Crippen LogP contribution in [0, 0.1) is 0 Å². The first-order chi connectivity index (χ1) is 8.02. The number of ether oxygens (including phenoxy) is 2. The van der Waals surface area contributed by atoms with Crippen LogP contribution in [-0.4, -0.2) is 25.3 Å². The summed E-state index contributed by atoms with van der Waals surface area (Å²) >= 11 is 0. The summed E-state index contributed by atoms with van der Waals surface area (Å²) in [4.78, 5) is 11.2. The van der Waals surface area contributed by atoms with Crippen LogP contribution in [0.3, 0.4) is 0 Å². The van der Waals surface area contributed by atoms with Gasteiger partial charge >= 0.3 is 5.97 Å². The molecule has 0 aliphatic heterocycles. The van der Waals surface area contributed by atoms with Crippen LogP contribution >= 0.6 is 0 Å². The number of hydrogen-bond acceptors (Lipinski definition) is 4. The molecule has 0 radical (unpaired) electrons. The zero-order valence-electron chi connectivity index (χ0n) is 9.94. The lowest BCUT2D eigenvalue weighted by atomic mass is 10.0. The minimum absolute atomic E-state index is 0.167. The highest BCUT2D eigenvalue weighted by Gasteiger charge is 2.24. The Morgan fingerprint density at radius 1 is 1.35 bits per heavy atom. The van der Waals surface area contributed by atoms with Gasteiger partial charge in [0, 0.05) is 11.1 Å². The number of esters is 1. The van der Waals surface area contributed by atoms with E-state index in [9.17, 15) is 14.3 Å². The first kappa shape index (κ1) is 13.4. The fourth-order valence-electron chi connectivity index (χ4n) is 1.58. The van der Waals surface area contributed by atoms with E-state index in [-0.39, 0.29) is 16.9 Å². The van der Waals surface area contributed by atoms with E-state index in [1.54, 1.807) is 6.07 Å². The van der Waals surface area contributed by atoms with Gasteiger partial charge in [-0.15, -0.1) is 0 Å². The Bertz CT molecular complexity index is 403. The number of rotatable bonds is 4. The van der Waals surface area contributed by atoms with Gasteiger partial charge in [0.05, 0.1) is 14.2 Å². The smallest absolute Gasteiger partial charge is 0.339 e. The third-order valence-electron chi connectivity index (χ3n) is 2.43. The van der Waals surface area contributed by atoms with Gasteiger partial charge in [-0.25, -0.2) is 9.18 Å². The van der Waals surface area contributed by atoms with E-state index in [1.165, 1.54) is 33.3 Å². The molecule has 0 aliphatic carbocycles. The molecule has 0 bridgehead atoms. The van der Waals surface area contributed by atoms with Crippen molar-refractivity contribution in [2.24, 2.45) is 0 Å². The fourth-order valence-corrected chi connectivity index (χ4v) is 1.58. The molecule has 1 N–H and O–H groups in total. The van der Waals surface area contributed by atoms with Gasteiger partial charge in [-0.1, -0.05) is 18.2 Å². The van der Waals surface area contributed by atoms with Crippen LogP contribution in [0.4, 0.5) is 4.39 Å². The zero-order valence-corrected chi connectivity index (χ0v) is 9.94. The summed E-state index contributed by atoms with van der Waals surface area (Å²) < 4.78 is 22.8. The third-order valence-corrected chi connectivity index (χ3v) is 2.43. The first-order valence-electron chi connectivity index (χ1n) is 5.09. The molecule has 0 saturated heterocycles. The van der Waals surface area contributed by atoms with Gasteiger partial charge in [0.15, 0.2) is 6.10 Å². The number of carbonyl (C=O) groups excluding carboxylic acids is 1. The molecule has 0 saturated carbocycles. The summed E-state index contributed by atoms with van der Waals surface area (Å²) in [5, 5.41) is 9.73. The number of benzene rings is 1. The fraction of sp³-hybridized carbons (Fsp3) is 0.417. The lowest BCUT2D eigenvalue weighted by Crippen LogP contribution is -2.15. The lowest BCUT2D eigenvalue weighted by molar-refractivity contribution is -0.150. The van der Waals surface area contributed by atoms with Gasteiger partial charge in [-0.2, -0.15) is 0 Å². The summed E-state index contributed by atoms with van der Waals surface area (Å²) in [5.41, 5.74) is 0.481. The molecule has 4 nitrogen and oxygen atoms in total. The Kier molecular flexibility index (Phi) is 4.45. The highest BCUT2D eigenvalue weighted by Crippen LogP contribution is 2.34. The molecule has 5 heteroatoms. The van der Waals surface area contributed by atoms with Crippen molar-refractivity contribution in [3.8, 4) is 5.75 Å². The highest BCUT2D eigenvalue weighted by molar-refractivity contribution is 5.77. The van der Waals surface area contributed by atoms with E-state index in [0.717, 1.165) is 0 Å². The van der Waals surface area contributed by atoms with Gasteiger partial charge < -0.3 is 14.6 Å². The second-order valence-electron chi connectivity index (χ2n) is 3.51. The van der Waals surface area contributed by atoms with Gasteiger partial charge in [-0.05, 0) is 6.92 Å². The topological polar surface area (TPSA) is 55.8 Å². The predicted molar refractivity (Wildman–Crippen MR) is 59.5 cm³/mol. The molecule has 1 aromatic carbocycles. The van der Waals surface area contributed by atoms with Crippen molar-refractivity contribution in [3.05, 3.63) is 29.3 Å². The maximum absolute atomic E-state index is 13.3. The summed E-state index contributed by atoms with van der Waals surface area (Å²) in [5.74, 6) is -0.646. The number of aliphatic hydroxyl groups excluding tert-OH is 1. The van der Waals surface area contributed by atoms with Gasteiger partial charge in [-0.3, -0.25) is 0 Å². The van der Waals surface area contributed by atoms with Crippen molar-refractivity contribution in [2.75, 3.05) is 14.2 Å². The van der Waals surface area contributed by atoms with Crippen LogP contribution in [0.25, 0.3) is 0 Å². The molecule has 1 rings (SSSR count). The molecule has 0 fully saturated rings. The molecule has 0 aromatic heterocycles. The van der Waals surface area contributed by atoms with Crippen LogP contribution in [-0.2, 0) is 9.53 Å². The number of methoxy groups -OCH3 is 2. The predicted octanol–water partition coefficient (Wildman–Crippen LogP) is 1.93. The van der Waals surface area contributed by atoms with Crippen LogP contribution in [0.15, 0.2) is 18.2 Å². The largest absolute Gasteiger partial charge is 0.496 e. The second-order valence-corrected chi connectivity index (χ2v) is 3.51. The monoisotopic (exact) mass is 242 g/mol. The molecule has 94 valence electrons. The molecular weight excluding hydrogens is 227 g/mol. The highest BCUT2D eigenvalue weighted by atomic mass is 19.1. The summed E-state index contributed by atoms with van der Waals surface area (Å²) in [6.07, 6.45) is -2.73. The Balaban J connectivity index is 3.24. The van der Waals surface area contributed by atoms with E-state index in [4.69, 9.17) is 4.74 Å². The minimum Gasteiger partial charge on any atom is -0.496 e. The van der Waals surface area contributed by atoms with Crippen LogP contribution in [0.2, 0.25) is 0 Å². The van der Waals surface area contributed by atoms with Crippen molar-refractivity contribution < 1.29 is 23.8 Å². The third kappa shape index (κ3) is 2.74. The van der Waals surface area contributed by atoms with E-state index in [0.29, 0.717) is 0 Å². The van der Waals surface area contributed by atoms with Crippen molar-refractivity contribution in [3.63, 3.8) is 0 Å². The van der Waals surface area contributed by atoms with Crippen molar-refractivity contribution in [1.82, 2.24) is 0 Å². The molecule has 17 heavy (non-hydrogen) atoms. The van der Waals surface area contributed by atoms with Crippen LogP contribution < -0.4 is 4.74 Å². The van der Waals surface area contributed by atoms with Crippen molar-refractivity contribution in [2.45, 2.75) is 19.2 Å². The quantitative estimate of drug-likeness (QED) is 0.820. The lowest BCUT2D eigenvalue weighted by Gasteiger charge is -2.16. The number of carbonyl (C=O) groups is 1. The Labute approximate surface area is 99.0 Å². The maximum atomic E-state index is 13.3. The maximum Gasteiger partial charge on any atom is 0.339 e. The van der Waals surface area contributed by atoms with Gasteiger partial charge in [0.25, 0.3) is 0 Å². The normalized spacial score (nSPS) is 13.9. The van der Waals surface area contributed by atoms with Gasteiger partial charge in [0.1, 0.15) is 11.9 Å². The molecule has 2 unspecified atom stereocenters. The molecular formula is C12H15FO4. The SMILES string of the molecule is COC(=O)C(O)c1cccc(C(C)F)c1OC. The number of halogens is 1. The summed E-state index contributed by atoms with van der Waals surface area (Å²) in [6, 6.07) is 4.58. The number of para-hydroxylation sites is 1. The van der Waals surface area contributed by atoms with Crippen molar-refractivity contribution in [1.29, 1.82) is 0 Å². The van der Waals surface area contributed by atoms with E-state index in [1.807, 2.05) is 0 Å². The average Bonchev–Trinajstić information content (AvgIpc) is 2.35. The molecule has 2 atom stereocenters. The van der Waals surface area contributed by atoms with E-state index in [2.05, 4.69) is 4.74 Å². The molecule has 0 heterocycles. The van der Waals surface area contributed by atoms with E-state index < -0.39 is 18.2 Å². The Morgan fingerprint density at radius 3 is 2.41 bits per heavy atom. The molecule has 0 amide bonds. The van der Waals surface area contributed by atoms with Gasteiger partial charge in [0.2, 0.25) is 0 Å². The average molecular weight is 242 g/mol. The molecule has 1 aromatic rings. The number of hydrogen-bond donors (Lipinski definition) is 1. The minimum atomic E-state index is -1.48. The Morgan fingerprint density at radius 2 is 1.94 bits per heavy atom. The van der Waals surface area contributed by atoms with Crippen LogP contribution in [0.5, 0.6) is 5.75 Å². The Hall–Kier alpha value is -1.62. The summed E-state index contributed by atoms with van der Waals surface area (Å²) in [7, 11) is 2.52. The number of alkyl halides is 1. The van der Waals surface area contributed by atoms with Crippen molar-refractivity contribution >= 4 is 5.97 Å². The number of aliphatic hydroxyl groups is 1. The van der Waals surface area contributed by atoms with E-state index >= 15 is 0 Å². The summed E-state index contributed by atoms with van der Waals surface area (Å²) in [6.45, 7) is 1.35.